The van der Waals surface area contributed by atoms with Gasteiger partial charge in [-0.3, -0.25) is 14.5 Å². The van der Waals surface area contributed by atoms with E-state index in [4.69, 9.17) is 16.3 Å². The minimum absolute atomic E-state index is 0.0186. The fourth-order valence-corrected chi connectivity index (χ4v) is 5.64. The number of aliphatic hydroxyl groups excluding tert-OH is 1. The lowest BCUT2D eigenvalue weighted by atomic mass is 9.95. The second-order valence-corrected chi connectivity index (χ2v) is 10.2. The lowest BCUT2D eigenvalue weighted by Gasteiger charge is -2.23. The van der Waals surface area contributed by atoms with Crippen LogP contribution in [0.1, 0.15) is 43.4 Å². The van der Waals surface area contributed by atoms with Crippen molar-refractivity contribution in [2.75, 3.05) is 11.5 Å². The first-order valence-electron chi connectivity index (χ1n) is 12.1. The van der Waals surface area contributed by atoms with Gasteiger partial charge in [0.15, 0.2) is 5.13 Å². The standard InChI is InChI=1S/C29H25ClN2O4S/c1-2-3-7-16-36-21-13-10-18(11-14-21)25-24(26(33)19-8-5-4-6-9-19)27(34)28(35)32(25)29-31-22-15-12-20(30)17-23(22)37-29/h4-6,8-15,17,25,33H,2-3,7,16H2,1H3/b26-24+. The molecule has 4 aromatic rings. The van der Waals surface area contributed by atoms with Crippen LogP contribution in [0.15, 0.2) is 78.4 Å². The number of carbonyl (C=O) groups excluding carboxylic acids is 2. The third kappa shape index (κ3) is 4.97. The van der Waals surface area contributed by atoms with Crippen LogP contribution in [0, 0.1) is 0 Å². The number of amides is 1. The van der Waals surface area contributed by atoms with Crippen LogP contribution in [0.5, 0.6) is 5.75 Å². The lowest BCUT2D eigenvalue weighted by Crippen LogP contribution is -2.29. The van der Waals surface area contributed by atoms with E-state index in [9.17, 15) is 14.7 Å². The van der Waals surface area contributed by atoms with Gasteiger partial charge in [-0.05, 0) is 42.3 Å². The molecule has 8 heteroatoms. The lowest BCUT2D eigenvalue weighted by molar-refractivity contribution is -0.132. The number of thiazole rings is 1. The molecule has 3 aromatic carbocycles. The SMILES string of the molecule is CCCCCOc1ccc(C2/C(=C(\O)c3ccccc3)C(=O)C(=O)N2c2nc3ccc(Cl)cc3s2)cc1. The van der Waals surface area contributed by atoms with E-state index in [2.05, 4.69) is 11.9 Å². The van der Waals surface area contributed by atoms with Gasteiger partial charge >= 0.3 is 5.91 Å². The van der Waals surface area contributed by atoms with Gasteiger partial charge in [-0.1, -0.05) is 85.2 Å². The van der Waals surface area contributed by atoms with E-state index in [1.807, 2.05) is 30.3 Å². The maximum Gasteiger partial charge on any atom is 0.301 e. The second kappa shape index (κ2) is 10.7. The number of unbranched alkanes of at least 4 members (excludes halogenated alkanes) is 2. The van der Waals surface area contributed by atoms with Crippen LogP contribution in [0.4, 0.5) is 5.13 Å². The van der Waals surface area contributed by atoms with Gasteiger partial charge in [0.25, 0.3) is 5.78 Å². The summed E-state index contributed by atoms with van der Waals surface area (Å²) in [6.07, 6.45) is 3.18. The quantitative estimate of drug-likeness (QED) is 0.113. The number of ether oxygens (including phenoxy) is 1. The summed E-state index contributed by atoms with van der Waals surface area (Å²) < 4.78 is 6.64. The van der Waals surface area contributed by atoms with Gasteiger partial charge in [-0.25, -0.2) is 4.98 Å². The molecule has 1 N–H and O–H groups in total. The first-order chi connectivity index (χ1) is 18.0. The molecule has 2 heterocycles. The minimum atomic E-state index is -0.856. The van der Waals surface area contributed by atoms with Gasteiger partial charge in [-0.2, -0.15) is 0 Å². The number of benzene rings is 3. The van der Waals surface area contributed by atoms with E-state index in [0.29, 0.717) is 39.2 Å². The van der Waals surface area contributed by atoms with Crippen molar-refractivity contribution in [3.63, 3.8) is 0 Å². The number of carbonyl (C=O) groups is 2. The highest BCUT2D eigenvalue weighted by molar-refractivity contribution is 7.22. The zero-order chi connectivity index (χ0) is 25.9. The molecule has 1 aliphatic heterocycles. The Morgan fingerprint density at radius 2 is 1.81 bits per heavy atom. The number of hydrogen-bond acceptors (Lipinski definition) is 6. The molecule has 1 unspecified atom stereocenters. The molecule has 1 atom stereocenters. The van der Waals surface area contributed by atoms with Crippen molar-refractivity contribution in [2.24, 2.45) is 0 Å². The summed E-state index contributed by atoms with van der Waals surface area (Å²) in [7, 11) is 0. The van der Waals surface area contributed by atoms with Crippen molar-refractivity contribution in [2.45, 2.75) is 32.2 Å². The van der Waals surface area contributed by atoms with Crippen LogP contribution in [0.2, 0.25) is 5.02 Å². The summed E-state index contributed by atoms with van der Waals surface area (Å²) in [5, 5.41) is 12.1. The fraction of sp³-hybridized carbons (Fsp3) is 0.207. The number of rotatable bonds is 8. The number of anilines is 1. The van der Waals surface area contributed by atoms with Crippen LogP contribution in [-0.2, 0) is 9.59 Å². The molecule has 1 aromatic heterocycles. The molecule has 0 saturated carbocycles. The predicted molar refractivity (Wildman–Crippen MR) is 147 cm³/mol. The highest BCUT2D eigenvalue weighted by atomic mass is 35.5. The smallest absolute Gasteiger partial charge is 0.301 e. The number of ketones is 1. The normalized spacial score (nSPS) is 17.0. The van der Waals surface area contributed by atoms with Crippen molar-refractivity contribution in [1.82, 2.24) is 4.98 Å². The monoisotopic (exact) mass is 532 g/mol. The zero-order valence-corrected chi connectivity index (χ0v) is 21.8. The topological polar surface area (TPSA) is 79.7 Å². The minimum Gasteiger partial charge on any atom is -0.507 e. The Morgan fingerprint density at radius 3 is 2.54 bits per heavy atom. The second-order valence-electron chi connectivity index (χ2n) is 8.77. The molecule has 0 aliphatic carbocycles. The number of hydrogen-bond donors (Lipinski definition) is 1. The van der Waals surface area contributed by atoms with Crippen LogP contribution in [0.25, 0.3) is 16.0 Å². The van der Waals surface area contributed by atoms with E-state index >= 15 is 0 Å². The molecule has 0 radical (unpaired) electrons. The first-order valence-corrected chi connectivity index (χ1v) is 13.3. The maximum absolute atomic E-state index is 13.4. The Balaban J connectivity index is 1.59. The van der Waals surface area contributed by atoms with Crippen LogP contribution < -0.4 is 9.64 Å². The number of halogens is 1. The third-order valence-electron chi connectivity index (χ3n) is 6.25. The highest BCUT2D eigenvalue weighted by Crippen LogP contribution is 2.44. The number of aromatic nitrogens is 1. The van der Waals surface area contributed by atoms with Crippen LogP contribution in [-0.4, -0.2) is 28.4 Å². The van der Waals surface area contributed by atoms with E-state index in [0.717, 1.165) is 24.0 Å². The van der Waals surface area contributed by atoms with E-state index in [1.165, 1.54) is 16.2 Å². The molecule has 0 spiro atoms. The van der Waals surface area contributed by atoms with E-state index in [1.54, 1.807) is 42.5 Å². The van der Waals surface area contributed by atoms with Gasteiger partial charge in [0, 0.05) is 10.6 Å². The molecule has 37 heavy (non-hydrogen) atoms. The number of Topliss-reactive ketones (excluding diaryl/α,β-unsaturated/α-hetero) is 1. The molecule has 1 fully saturated rings. The Hall–Kier alpha value is -3.68. The van der Waals surface area contributed by atoms with Gasteiger partial charge in [0.1, 0.15) is 11.5 Å². The molecule has 5 rings (SSSR count). The average molecular weight is 533 g/mol. The molecule has 0 bridgehead atoms. The summed E-state index contributed by atoms with van der Waals surface area (Å²) in [6.45, 7) is 2.76. The summed E-state index contributed by atoms with van der Waals surface area (Å²) in [6, 6.07) is 20.5. The molecular formula is C29H25ClN2O4S. The molecule has 188 valence electrons. The number of nitrogens with zero attached hydrogens (tertiary/aromatic N) is 2. The number of aliphatic hydroxyl groups is 1. The fourth-order valence-electron chi connectivity index (χ4n) is 4.37. The molecule has 1 saturated heterocycles. The Bertz CT molecular complexity index is 1480. The number of fused-ring (bicyclic) bond motifs is 1. The maximum atomic E-state index is 13.4. The van der Waals surface area contributed by atoms with Crippen molar-refractivity contribution in [3.8, 4) is 5.75 Å². The summed E-state index contributed by atoms with van der Waals surface area (Å²) in [5.41, 5.74) is 1.81. The van der Waals surface area contributed by atoms with Crippen molar-refractivity contribution >= 4 is 55.7 Å². The van der Waals surface area contributed by atoms with Crippen molar-refractivity contribution in [3.05, 3.63) is 94.5 Å². The Kier molecular flexibility index (Phi) is 7.26. The summed E-state index contributed by atoms with van der Waals surface area (Å²) in [5.74, 6) is -1.03. The first kappa shape index (κ1) is 25.0. The molecule has 1 amide bonds. The largest absolute Gasteiger partial charge is 0.507 e. The van der Waals surface area contributed by atoms with E-state index in [-0.39, 0.29) is 11.3 Å². The molecule has 1 aliphatic rings. The van der Waals surface area contributed by atoms with Crippen LogP contribution >= 0.6 is 22.9 Å². The van der Waals surface area contributed by atoms with Crippen molar-refractivity contribution in [1.29, 1.82) is 0 Å². The zero-order valence-electron chi connectivity index (χ0n) is 20.2. The van der Waals surface area contributed by atoms with E-state index < -0.39 is 17.7 Å². The summed E-state index contributed by atoms with van der Waals surface area (Å²) >= 11 is 7.43. The highest BCUT2D eigenvalue weighted by Gasteiger charge is 2.48. The Morgan fingerprint density at radius 1 is 1.05 bits per heavy atom. The van der Waals surface area contributed by atoms with Gasteiger partial charge in [0.2, 0.25) is 0 Å². The van der Waals surface area contributed by atoms with Gasteiger partial charge < -0.3 is 9.84 Å². The Labute approximate surface area is 223 Å². The van der Waals surface area contributed by atoms with Gasteiger partial charge in [0.05, 0.1) is 28.4 Å². The molecule has 6 nitrogen and oxygen atoms in total. The predicted octanol–water partition coefficient (Wildman–Crippen LogP) is 7.15. The average Bonchev–Trinajstić information content (AvgIpc) is 3.44. The molecular weight excluding hydrogens is 508 g/mol. The van der Waals surface area contributed by atoms with Crippen LogP contribution in [0.3, 0.4) is 0 Å². The van der Waals surface area contributed by atoms with Gasteiger partial charge in [-0.15, -0.1) is 0 Å². The van der Waals surface area contributed by atoms with Crippen molar-refractivity contribution < 1.29 is 19.4 Å². The third-order valence-corrected chi connectivity index (χ3v) is 7.50. The summed E-state index contributed by atoms with van der Waals surface area (Å²) in [4.78, 5) is 32.7.